The standard InChI is InChI=1S/C23H32N4P2.C9H18/c1-5-17-10-15(3)20(11-23(17)29)21(12-24)16(4)22-9-7-8-19(13-25-22)27-26-18(6-2)14-28;1-3-8(2)9-6-4-5-7-9/h7,9-11,13,18,26-27H,5-6,8,14,28-29H2,1-4H3;8-9H,3-7H2,1-2H3/b21-16+;. The van der Waals surface area contributed by atoms with E-state index >= 15 is 0 Å². The maximum atomic E-state index is 9.91. The molecule has 6 heteroatoms. The Morgan fingerprint density at radius 1 is 1.18 bits per heavy atom. The first-order chi connectivity index (χ1) is 18.3. The molecule has 1 saturated carbocycles. The fraction of sp³-hybridized carbons (Fsp3) is 0.562. The Bertz CT molecular complexity index is 1070. The quantitative estimate of drug-likeness (QED) is 0.179. The van der Waals surface area contributed by atoms with Gasteiger partial charge < -0.3 is 5.43 Å². The van der Waals surface area contributed by atoms with E-state index in [1.807, 2.05) is 19.2 Å². The predicted octanol–water partition coefficient (Wildman–Crippen LogP) is 7.57. The average molecular weight is 553 g/mol. The van der Waals surface area contributed by atoms with Crippen molar-refractivity contribution >= 4 is 35.1 Å². The fourth-order valence-electron chi connectivity index (χ4n) is 5.06. The first-order valence-corrected chi connectivity index (χ1v) is 15.8. The van der Waals surface area contributed by atoms with Gasteiger partial charge in [-0.05, 0) is 84.4 Å². The summed E-state index contributed by atoms with van der Waals surface area (Å²) in [5.74, 6) is 2.07. The van der Waals surface area contributed by atoms with Crippen molar-refractivity contribution in [3.63, 3.8) is 0 Å². The Labute approximate surface area is 237 Å². The van der Waals surface area contributed by atoms with Crippen molar-refractivity contribution in [3.8, 4) is 6.07 Å². The lowest BCUT2D eigenvalue weighted by Gasteiger charge is -2.17. The highest BCUT2D eigenvalue weighted by Gasteiger charge is 2.19. The zero-order valence-corrected chi connectivity index (χ0v) is 26.8. The van der Waals surface area contributed by atoms with Crippen LogP contribution in [0.5, 0.6) is 0 Å². The third-order valence-electron chi connectivity index (χ3n) is 8.04. The van der Waals surface area contributed by atoms with Gasteiger partial charge in [0.1, 0.15) is 6.07 Å². The molecule has 1 heterocycles. The lowest BCUT2D eigenvalue weighted by atomic mass is 9.91. The number of benzene rings is 1. The Morgan fingerprint density at radius 3 is 2.47 bits per heavy atom. The smallest absolute Gasteiger partial charge is 0.100 e. The van der Waals surface area contributed by atoms with Gasteiger partial charge in [0.05, 0.1) is 11.3 Å². The fourth-order valence-corrected chi connectivity index (χ4v) is 5.97. The van der Waals surface area contributed by atoms with Gasteiger partial charge in [-0.1, -0.05) is 71.9 Å². The van der Waals surface area contributed by atoms with Crippen molar-refractivity contribution in [1.82, 2.24) is 10.9 Å². The second-order valence-corrected chi connectivity index (χ2v) is 11.7. The number of hydrogen-bond donors (Lipinski definition) is 2. The maximum Gasteiger partial charge on any atom is 0.100 e. The van der Waals surface area contributed by atoms with E-state index in [0.29, 0.717) is 11.6 Å². The van der Waals surface area contributed by atoms with E-state index in [-0.39, 0.29) is 0 Å². The minimum absolute atomic E-state index is 0.401. The minimum atomic E-state index is 0.401. The number of hydrogen-bond acceptors (Lipinski definition) is 4. The van der Waals surface area contributed by atoms with Gasteiger partial charge in [-0.15, -0.1) is 18.5 Å². The van der Waals surface area contributed by atoms with Crippen LogP contribution in [0.3, 0.4) is 0 Å². The molecule has 0 amide bonds. The third-order valence-corrected chi connectivity index (χ3v) is 9.15. The molecule has 38 heavy (non-hydrogen) atoms. The van der Waals surface area contributed by atoms with Crippen molar-refractivity contribution in [2.24, 2.45) is 16.8 Å². The highest BCUT2D eigenvalue weighted by atomic mass is 31.0. The van der Waals surface area contributed by atoms with Crippen LogP contribution in [0.2, 0.25) is 0 Å². The highest BCUT2D eigenvalue weighted by molar-refractivity contribution is 7.27. The molecular formula is C32H50N4P2. The molecule has 0 bridgehead atoms. The first kappa shape index (κ1) is 32.4. The van der Waals surface area contributed by atoms with Gasteiger partial charge >= 0.3 is 0 Å². The summed E-state index contributed by atoms with van der Waals surface area (Å²) in [7, 11) is 5.56. The lowest BCUT2D eigenvalue weighted by Crippen LogP contribution is -2.40. The zero-order valence-electron chi connectivity index (χ0n) is 24.5. The van der Waals surface area contributed by atoms with E-state index in [2.05, 4.69) is 93.2 Å². The molecular weight excluding hydrogens is 502 g/mol. The molecule has 4 unspecified atom stereocenters. The van der Waals surface area contributed by atoms with E-state index < -0.39 is 0 Å². The number of hydrazine groups is 1. The second kappa shape index (κ2) is 17.0. The topological polar surface area (TPSA) is 60.2 Å². The summed E-state index contributed by atoms with van der Waals surface area (Å²) >= 11 is 0. The number of allylic oxidation sites excluding steroid dienone is 4. The highest BCUT2D eigenvalue weighted by Crippen LogP contribution is 2.32. The molecule has 208 valence electrons. The number of nitriles is 1. The molecule has 1 fully saturated rings. The summed E-state index contributed by atoms with van der Waals surface area (Å²) in [5.41, 5.74) is 13.4. The van der Waals surface area contributed by atoms with Crippen LogP contribution in [0.25, 0.3) is 5.57 Å². The van der Waals surface area contributed by atoms with Gasteiger partial charge in [0.15, 0.2) is 0 Å². The van der Waals surface area contributed by atoms with Crippen LogP contribution in [-0.2, 0) is 6.42 Å². The Morgan fingerprint density at radius 2 is 1.89 bits per heavy atom. The molecule has 2 aliphatic rings. The SMILES string of the molecule is CCC(C)C1CCCC1.CCc1cc(C)c(/C(C#N)=C(\C)C2=NC=C(NNC(CC)CP)CC=C2)cc1P. The lowest BCUT2D eigenvalue weighted by molar-refractivity contribution is 0.357. The number of aliphatic imine (C=N–C) groups is 1. The Kier molecular flexibility index (Phi) is 14.5. The van der Waals surface area contributed by atoms with E-state index in [9.17, 15) is 5.26 Å². The van der Waals surface area contributed by atoms with Crippen LogP contribution in [0.4, 0.5) is 0 Å². The summed E-state index contributed by atoms with van der Waals surface area (Å²) in [5, 5.41) is 11.1. The first-order valence-electron chi connectivity index (χ1n) is 14.4. The van der Waals surface area contributed by atoms with Crippen molar-refractivity contribution in [2.75, 3.05) is 6.16 Å². The van der Waals surface area contributed by atoms with Gasteiger partial charge in [-0.25, -0.2) is 5.43 Å². The molecule has 0 saturated heterocycles. The van der Waals surface area contributed by atoms with Gasteiger partial charge in [0.25, 0.3) is 0 Å². The molecule has 2 N–H and O–H groups in total. The third kappa shape index (κ3) is 9.45. The maximum absolute atomic E-state index is 9.91. The van der Waals surface area contributed by atoms with Crippen LogP contribution in [0.1, 0.15) is 96.3 Å². The van der Waals surface area contributed by atoms with E-state index in [0.717, 1.165) is 70.7 Å². The molecule has 4 atom stereocenters. The summed E-state index contributed by atoms with van der Waals surface area (Å²) < 4.78 is 0. The molecule has 1 aromatic rings. The van der Waals surface area contributed by atoms with Crippen LogP contribution in [0, 0.1) is 30.1 Å². The van der Waals surface area contributed by atoms with E-state index in [1.165, 1.54) is 37.7 Å². The summed E-state index contributed by atoms with van der Waals surface area (Å²) in [6.07, 6.45) is 17.1. The number of aryl methyl sites for hydroxylation is 2. The van der Waals surface area contributed by atoms with Crippen LogP contribution < -0.4 is 16.2 Å². The second-order valence-electron chi connectivity index (χ2n) is 10.6. The molecule has 1 aliphatic carbocycles. The zero-order chi connectivity index (χ0) is 28.1. The normalized spacial score (nSPS) is 17.8. The van der Waals surface area contributed by atoms with Crippen molar-refractivity contribution < 1.29 is 0 Å². The average Bonchev–Trinajstić information content (AvgIpc) is 3.37. The molecule has 0 radical (unpaired) electrons. The molecule has 1 aromatic carbocycles. The predicted molar refractivity (Wildman–Crippen MR) is 174 cm³/mol. The number of rotatable bonds is 10. The van der Waals surface area contributed by atoms with Crippen molar-refractivity contribution in [1.29, 1.82) is 5.26 Å². The largest absolute Gasteiger partial charge is 0.323 e. The Hall–Kier alpha value is -1.78. The Balaban J connectivity index is 0.000000474. The van der Waals surface area contributed by atoms with Crippen LogP contribution in [0.15, 0.2) is 46.7 Å². The summed E-state index contributed by atoms with van der Waals surface area (Å²) in [6.45, 7) is 13.1. The molecule has 0 spiro atoms. The number of nitrogens with zero attached hydrogens (tertiary/aromatic N) is 2. The summed E-state index contributed by atoms with van der Waals surface area (Å²) in [6, 6.07) is 7.09. The van der Waals surface area contributed by atoms with Gasteiger partial charge in [0, 0.05) is 24.4 Å². The monoisotopic (exact) mass is 552 g/mol. The molecule has 0 aromatic heterocycles. The van der Waals surface area contributed by atoms with E-state index in [1.54, 1.807) is 0 Å². The molecule has 1 aliphatic heterocycles. The van der Waals surface area contributed by atoms with Crippen molar-refractivity contribution in [3.05, 3.63) is 58.4 Å². The van der Waals surface area contributed by atoms with Gasteiger partial charge in [0.2, 0.25) is 0 Å². The molecule has 3 rings (SSSR count). The number of nitrogens with one attached hydrogen (secondary N) is 2. The van der Waals surface area contributed by atoms with Gasteiger partial charge in [-0.3, -0.25) is 4.99 Å². The van der Waals surface area contributed by atoms with Crippen LogP contribution in [-0.4, -0.2) is 17.9 Å². The van der Waals surface area contributed by atoms with E-state index in [4.69, 9.17) is 0 Å². The van der Waals surface area contributed by atoms with Crippen molar-refractivity contribution in [2.45, 2.75) is 99.0 Å². The summed E-state index contributed by atoms with van der Waals surface area (Å²) in [4.78, 5) is 4.66. The minimum Gasteiger partial charge on any atom is -0.323 e. The van der Waals surface area contributed by atoms with Gasteiger partial charge in [-0.2, -0.15) is 5.26 Å². The van der Waals surface area contributed by atoms with Crippen LogP contribution >= 0.6 is 18.5 Å². The molecule has 4 nitrogen and oxygen atoms in total.